The van der Waals surface area contributed by atoms with Crippen molar-refractivity contribution >= 4 is 11.5 Å². The number of hydrogen-bond donors (Lipinski definition) is 2. The molecule has 2 aromatic rings. The van der Waals surface area contributed by atoms with Crippen molar-refractivity contribution in [2.45, 2.75) is 13.5 Å². The third-order valence-electron chi connectivity index (χ3n) is 2.94. The maximum Gasteiger partial charge on any atom is 0.159 e. The molecule has 0 aliphatic heterocycles. The number of phenols is 1. The summed E-state index contributed by atoms with van der Waals surface area (Å²) in [5.41, 5.74) is 2.54. The van der Waals surface area contributed by atoms with E-state index in [-0.39, 0.29) is 11.5 Å². The Morgan fingerprint density at radius 2 is 2.10 bits per heavy atom. The van der Waals surface area contributed by atoms with Crippen LogP contribution in [0.3, 0.4) is 0 Å². The molecule has 20 heavy (non-hydrogen) atoms. The molecule has 0 saturated carbocycles. The largest absolute Gasteiger partial charge is 0.508 e. The Morgan fingerprint density at radius 3 is 2.75 bits per heavy atom. The number of aromatic hydroxyl groups is 1. The molecular formula is C16H14N2O2. The molecule has 4 heteroatoms. The average molecular weight is 266 g/mol. The highest BCUT2D eigenvalue weighted by molar-refractivity contribution is 5.95. The predicted molar refractivity (Wildman–Crippen MR) is 76.6 cm³/mol. The van der Waals surface area contributed by atoms with Gasteiger partial charge in [-0.15, -0.1) is 0 Å². The first-order chi connectivity index (χ1) is 9.60. The zero-order chi connectivity index (χ0) is 14.5. The van der Waals surface area contributed by atoms with Crippen molar-refractivity contribution in [3.63, 3.8) is 0 Å². The van der Waals surface area contributed by atoms with E-state index >= 15 is 0 Å². The number of phenolic OH excluding ortho intramolecular Hbond substituents is 1. The van der Waals surface area contributed by atoms with E-state index in [1.807, 2.05) is 6.07 Å². The van der Waals surface area contributed by atoms with Gasteiger partial charge < -0.3 is 10.4 Å². The molecule has 0 saturated heterocycles. The molecule has 0 radical (unpaired) electrons. The second-order valence-electron chi connectivity index (χ2n) is 4.45. The molecule has 0 amide bonds. The van der Waals surface area contributed by atoms with Crippen LogP contribution in [0.15, 0.2) is 42.5 Å². The standard InChI is InChI=1S/C16H14N2O2/c1-11(19)13-5-6-14(9-17)16(8-13)18-10-12-3-2-4-15(20)7-12/h2-8,18,20H,10H2,1H3. The highest BCUT2D eigenvalue weighted by atomic mass is 16.3. The van der Waals surface area contributed by atoms with Crippen LogP contribution in [0.5, 0.6) is 5.75 Å². The summed E-state index contributed by atoms with van der Waals surface area (Å²) < 4.78 is 0. The summed E-state index contributed by atoms with van der Waals surface area (Å²) in [6, 6.07) is 13.9. The SMILES string of the molecule is CC(=O)c1ccc(C#N)c(NCc2cccc(O)c2)c1. The fourth-order valence-electron chi connectivity index (χ4n) is 1.87. The van der Waals surface area contributed by atoms with Crippen LogP contribution in [0.1, 0.15) is 28.4 Å². The third-order valence-corrected chi connectivity index (χ3v) is 2.94. The van der Waals surface area contributed by atoms with Gasteiger partial charge in [0.2, 0.25) is 0 Å². The smallest absolute Gasteiger partial charge is 0.159 e. The Kier molecular flexibility index (Phi) is 4.02. The number of benzene rings is 2. The third kappa shape index (κ3) is 3.15. The van der Waals surface area contributed by atoms with Gasteiger partial charge in [-0.2, -0.15) is 5.26 Å². The van der Waals surface area contributed by atoms with Gasteiger partial charge in [-0.1, -0.05) is 12.1 Å². The van der Waals surface area contributed by atoms with E-state index in [1.54, 1.807) is 36.4 Å². The van der Waals surface area contributed by atoms with Gasteiger partial charge in [0.15, 0.2) is 5.78 Å². The highest BCUT2D eigenvalue weighted by Crippen LogP contribution is 2.19. The normalized spacial score (nSPS) is 9.80. The van der Waals surface area contributed by atoms with E-state index in [1.165, 1.54) is 6.92 Å². The van der Waals surface area contributed by atoms with E-state index in [4.69, 9.17) is 5.26 Å². The maximum atomic E-state index is 11.4. The van der Waals surface area contributed by atoms with Gasteiger partial charge in [0.25, 0.3) is 0 Å². The number of ketones is 1. The lowest BCUT2D eigenvalue weighted by Gasteiger charge is -2.10. The topological polar surface area (TPSA) is 73.1 Å². The molecule has 0 aliphatic rings. The predicted octanol–water partition coefficient (Wildman–Crippen LogP) is 3.08. The first-order valence-electron chi connectivity index (χ1n) is 6.17. The summed E-state index contributed by atoms with van der Waals surface area (Å²) in [6.07, 6.45) is 0. The molecule has 2 aromatic carbocycles. The number of carbonyl (C=O) groups excluding carboxylic acids is 1. The first kappa shape index (κ1) is 13.6. The fraction of sp³-hybridized carbons (Fsp3) is 0.125. The maximum absolute atomic E-state index is 11.4. The van der Waals surface area contributed by atoms with Crippen LogP contribution in [0.2, 0.25) is 0 Å². The van der Waals surface area contributed by atoms with Crippen molar-refractivity contribution < 1.29 is 9.90 Å². The van der Waals surface area contributed by atoms with Crippen LogP contribution in [0.25, 0.3) is 0 Å². The van der Waals surface area contributed by atoms with Crippen molar-refractivity contribution in [2.75, 3.05) is 5.32 Å². The van der Waals surface area contributed by atoms with E-state index in [0.29, 0.717) is 23.4 Å². The van der Waals surface area contributed by atoms with Crippen LogP contribution < -0.4 is 5.32 Å². The van der Waals surface area contributed by atoms with Crippen molar-refractivity contribution in [3.8, 4) is 11.8 Å². The lowest BCUT2D eigenvalue weighted by molar-refractivity contribution is 0.101. The molecule has 0 spiro atoms. The van der Waals surface area contributed by atoms with Crippen molar-refractivity contribution in [1.29, 1.82) is 5.26 Å². The molecule has 2 rings (SSSR count). The number of nitriles is 1. The van der Waals surface area contributed by atoms with Crippen molar-refractivity contribution in [3.05, 3.63) is 59.2 Å². The summed E-state index contributed by atoms with van der Waals surface area (Å²) in [4.78, 5) is 11.4. The first-order valence-corrected chi connectivity index (χ1v) is 6.17. The molecular weight excluding hydrogens is 252 g/mol. The van der Waals surface area contributed by atoms with E-state index in [9.17, 15) is 9.90 Å². The summed E-state index contributed by atoms with van der Waals surface area (Å²) in [5, 5.41) is 21.6. The monoisotopic (exact) mass is 266 g/mol. The molecule has 0 heterocycles. The summed E-state index contributed by atoms with van der Waals surface area (Å²) in [5.74, 6) is 0.150. The highest BCUT2D eigenvalue weighted by Gasteiger charge is 2.06. The molecule has 0 unspecified atom stereocenters. The van der Waals surface area contributed by atoms with Gasteiger partial charge in [0.05, 0.1) is 11.3 Å². The zero-order valence-electron chi connectivity index (χ0n) is 11.1. The number of nitrogens with zero attached hydrogens (tertiary/aromatic N) is 1. The molecule has 4 nitrogen and oxygen atoms in total. The number of rotatable bonds is 4. The minimum absolute atomic E-state index is 0.0464. The number of Topliss-reactive ketones (excluding diaryl/α,β-unsaturated/α-hetero) is 1. The Balaban J connectivity index is 2.22. The Labute approximate surface area is 117 Å². The molecule has 0 fully saturated rings. The fourth-order valence-corrected chi connectivity index (χ4v) is 1.87. The second-order valence-corrected chi connectivity index (χ2v) is 4.45. The van der Waals surface area contributed by atoms with Crippen LogP contribution in [0, 0.1) is 11.3 Å². The van der Waals surface area contributed by atoms with Gasteiger partial charge in [-0.3, -0.25) is 4.79 Å². The van der Waals surface area contributed by atoms with Gasteiger partial charge in [0.1, 0.15) is 11.8 Å². The van der Waals surface area contributed by atoms with Crippen LogP contribution in [-0.4, -0.2) is 10.9 Å². The number of nitrogens with one attached hydrogen (secondary N) is 1. The van der Waals surface area contributed by atoms with Crippen LogP contribution in [-0.2, 0) is 6.54 Å². The minimum Gasteiger partial charge on any atom is -0.508 e. The Morgan fingerprint density at radius 1 is 1.30 bits per heavy atom. The summed E-state index contributed by atoms with van der Waals surface area (Å²) >= 11 is 0. The average Bonchev–Trinajstić information content (AvgIpc) is 2.44. The quantitative estimate of drug-likeness (QED) is 0.834. The van der Waals surface area contributed by atoms with E-state index < -0.39 is 0 Å². The minimum atomic E-state index is -0.0464. The van der Waals surface area contributed by atoms with E-state index in [2.05, 4.69) is 11.4 Å². The number of carbonyl (C=O) groups is 1. The Bertz CT molecular complexity index is 687. The molecule has 2 N–H and O–H groups in total. The molecule has 0 atom stereocenters. The lowest BCUT2D eigenvalue weighted by Crippen LogP contribution is -2.03. The summed E-state index contributed by atoms with van der Waals surface area (Å²) in [7, 11) is 0. The molecule has 100 valence electrons. The molecule has 0 bridgehead atoms. The van der Waals surface area contributed by atoms with Gasteiger partial charge in [-0.05, 0) is 42.8 Å². The van der Waals surface area contributed by atoms with Crippen molar-refractivity contribution in [2.24, 2.45) is 0 Å². The van der Waals surface area contributed by atoms with Crippen LogP contribution in [0.4, 0.5) is 5.69 Å². The molecule has 0 aliphatic carbocycles. The lowest BCUT2D eigenvalue weighted by atomic mass is 10.1. The molecule has 0 aromatic heterocycles. The van der Waals surface area contributed by atoms with Crippen LogP contribution >= 0.6 is 0 Å². The summed E-state index contributed by atoms with van der Waals surface area (Å²) in [6.45, 7) is 1.95. The van der Waals surface area contributed by atoms with Crippen molar-refractivity contribution in [1.82, 2.24) is 0 Å². The van der Waals surface area contributed by atoms with Gasteiger partial charge in [0, 0.05) is 12.1 Å². The number of hydrogen-bond acceptors (Lipinski definition) is 4. The Hall–Kier alpha value is -2.80. The second kappa shape index (κ2) is 5.89. The van der Waals surface area contributed by atoms with Gasteiger partial charge in [-0.25, -0.2) is 0 Å². The zero-order valence-corrected chi connectivity index (χ0v) is 11.1. The number of anilines is 1. The van der Waals surface area contributed by atoms with E-state index in [0.717, 1.165) is 5.56 Å². The van der Waals surface area contributed by atoms with Gasteiger partial charge >= 0.3 is 0 Å².